The maximum atomic E-state index is 10.9. The zero-order valence-electron chi connectivity index (χ0n) is 8.28. The molecule has 0 amide bonds. The summed E-state index contributed by atoms with van der Waals surface area (Å²) < 4.78 is 0. The van der Waals surface area contributed by atoms with Crippen molar-refractivity contribution in [3.8, 4) is 0 Å². The first kappa shape index (κ1) is 10.5. The number of carbonyl (C=O) groups is 2. The summed E-state index contributed by atoms with van der Waals surface area (Å²) in [5.41, 5.74) is 0.497. The topological polar surface area (TPSA) is 59.9 Å². The van der Waals surface area contributed by atoms with Crippen molar-refractivity contribution in [1.82, 2.24) is 9.97 Å². The van der Waals surface area contributed by atoms with Gasteiger partial charge in [0, 0.05) is 25.2 Å². The molecule has 1 heterocycles. The fraction of sp³-hybridized carbons (Fsp3) is 0.400. The maximum absolute atomic E-state index is 10.9. The number of hydrogen-bond acceptors (Lipinski definition) is 4. The summed E-state index contributed by atoms with van der Waals surface area (Å²) in [7, 11) is 0. The first-order valence-corrected chi connectivity index (χ1v) is 4.41. The van der Waals surface area contributed by atoms with Crippen molar-refractivity contribution < 1.29 is 9.59 Å². The molecule has 0 saturated carbocycles. The summed E-state index contributed by atoms with van der Waals surface area (Å²) in [6.45, 7) is 3.00. The van der Waals surface area contributed by atoms with Crippen LogP contribution in [0.4, 0.5) is 0 Å². The number of aryl methyl sites for hydroxylation is 1. The van der Waals surface area contributed by atoms with Crippen molar-refractivity contribution in [1.29, 1.82) is 0 Å². The monoisotopic (exact) mass is 192 g/mol. The fourth-order valence-corrected chi connectivity index (χ4v) is 0.954. The highest BCUT2D eigenvalue weighted by Crippen LogP contribution is 1.99. The highest BCUT2D eigenvalue weighted by molar-refractivity contribution is 5.93. The predicted octanol–water partition coefficient (Wildman–Crippen LogP) is 1.20. The highest BCUT2D eigenvalue weighted by Gasteiger charge is 2.02. The van der Waals surface area contributed by atoms with E-state index in [0.717, 1.165) is 0 Å². The number of ketones is 2. The Kier molecular flexibility index (Phi) is 3.45. The fourth-order valence-electron chi connectivity index (χ4n) is 0.954. The van der Waals surface area contributed by atoms with Crippen LogP contribution in [0.1, 0.15) is 36.5 Å². The quantitative estimate of drug-likeness (QED) is 0.672. The van der Waals surface area contributed by atoms with E-state index in [-0.39, 0.29) is 11.6 Å². The lowest BCUT2D eigenvalue weighted by molar-refractivity contribution is -0.117. The van der Waals surface area contributed by atoms with Crippen LogP contribution in [0.15, 0.2) is 12.4 Å². The third-order valence-electron chi connectivity index (χ3n) is 1.81. The summed E-state index contributed by atoms with van der Waals surface area (Å²) in [5, 5.41) is 0. The summed E-state index contributed by atoms with van der Waals surface area (Å²) in [6.07, 6.45) is 3.96. The average molecular weight is 192 g/mol. The lowest BCUT2D eigenvalue weighted by atomic mass is 10.2. The second-order valence-electron chi connectivity index (χ2n) is 3.15. The smallest absolute Gasteiger partial charge is 0.162 e. The molecule has 0 unspecified atom stereocenters. The lowest BCUT2D eigenvalue weighted by Gasteiger charge is -1.98. The molecule has 0 aromatic carbocycles. The Balaban J connectivity index is 2.64. The van der Waals surface area contributed by atoms with Crippen molar-refractivity contribution in [3.05, 3.63) is 23.8 Å². The van der Waals surface area contributed by atoms with Crippen molar-refractivity contribution in [2.45, 2.75) is 26.7 Å². The van der Waals surface area contributed by atoms with Gasteiger partial charge >= 0.3 is 0 Å². The SMILES string of the molecule is CC(=O)CCc1ncc(C(C)=O)cn1. The number of Topliss-reactive ketones (excluding diaryl/α,β-unsaturated/α-hetero) is 2. The van der Waals surface area contributed by atoms with Gasteiger partial charge in [-0.3, -0.25) is 4.79 Å². The van der Waals surface area contributed by atoms with Gasteiger partial charge in [-0.25, -0.2) is 9.97 Å². The second kappa shape index (κ2) is 4.60. The minimum absolute atomic E-state index is 0.0527. The van der Waals surface area contributed by atoms with Crippen LogP contribution < -0.4 is 0 Å². The molecule has 1 aromatic rings. The Labute approximate surface area is 82.4 Å². The Bertz CT molecular complexity index is 344. The van der Waals surface area contributed by atoms with E-state index in [9.17, 15) is 9.59 Å². The van der Waals surface area contributed by atoms with Gasteiger partial charge in [-0.15, -0.1) is 0 Å². The molecule has 0 aliphatic rings. The van der Waals surface area contributed by atoms with Gasteiger partial charge < -0.3 is 4.79 Å². The van der Waals surface area contributed by atoms with E-state index in [1.165, 1.54) is 26.2 Å². The molecule has 0 aliphatic carbocycles. The Morgan fingerprint density at radius 3 is 2.21 bits per heavy atom. The standard InChI is InChI=1S/C10H12N2O2/c1-7(13)3-4-10-11-5-9(6-12-10)8(2)14/h5-6H,3-4H2,1-2H3. The number of hydrogen-bond donors (Lipinski definition) is 0. The van der Waals surface area contributed by atoms with Crippen molar-refractivity contribution in [3.63, 3.8) is 0 Å². The highest BCUT2D eigenvalue weighted by atomic mass is 16.1. The predicted molar refractivity (Wildman–Crippen MR) is 51.0 cm³/mol. The van der Waals surface area contributed by atoms with E-state index in [1.807, 2.05) is 0 Å². The minimum Gasteiger partial charge on any atom is -0.300 e. The molecule has 4 nitrogen and oxygen atoms in total. The third-order valence-corrected chi connectivity index (χ3v) is 1.81. The number of nitrogens with zero attached hydrogens (tertiary/aromatic N) is 2. The first-order valence-electron chi connectivity index (χ1n) is 4.41. The van der Waals surface area contributed by atoms with Gasteiger partial charge in [0.15, 0.2) is 5.78 Å². The van der Waals surface area contributed by atoms with Crippen LogP contribution in [0.25, 0.3) is 0 Å². The van der Waals surface area contributed by atoms with Crippen LogP contribution in [0, 0.1) is 0 Å². The molecule has 0 fully saturated rings. The van der Waals surface area contributed by atoms with E-state index in [2.05, 4.69) is 9.97 Å². The number of carbonyl (C=O) groups excluding carboxylic acids is 2. The zero-order chi connectivity index (χ0) is 10.6. The molecule has 0 N–H and O–H groups in total. The Hall–Kier alpha value is -1.58. The lowest BCUT2D eigenvalue weighted by Crippen LogP contribution is -2.02. The Morgan fingerprint density at radius 1 is 1.21 bits per heavy atom. The molecule has 4 heteroatoms. The van der Waals surface area contributed by atoms with E-state index < -0.39 is 0 Å². The molecule has 0 atom stereocenters. The van der Waals surface area contributed by atoms with Crippen LogP contribution >= 0.6 is 0 Å². The molecule has 74 valence electrons. The second-order valence-corrected chi connectivity index (χ2v) is 3.15. The van der Waals surface area contributed by atoms with E-state index >= 15 is 0 Å². The van der Waals surface area contributed by atoms with Crippen LogP contribution in [-0.2, 0) is 11.2 Å². The van der Waals surface area contributed by atoms with Gasteiger partial charge in [-0.05, 0) is 13.8 Å². The molecular weight excluding hydrogens is 180 g/mol. The molecule has 0 spiro atoms. The van der Waals surface area contributed by atoms with Crippen LogP contribution in [0.3, 0.4) is 0 Å². The molecular formula is C10H12N2O2. The minimum atomic E-state index is -0.0527. The largest absolute Gasteiger partial charge is 0.300 e. The molecule has 1 aromatic heterocycles. The molecule has 0 radical (unpaired) electrons. The third kappa shape index (κ3) is 3.05. The van der Waals surface area contributed by atoms with Gasteiger partial charge in [-0.1, -0.05) is 0 Å². The summed E-state index contributed by atoms with van der Waals surface area (Å²) >= 11 is 0. The van der Waals surface area contributed by atoms with Crippen molar-refractivity contribution in [2.24, 2.45) is 0 Å². The van der Waals surface area contributed by atoms with Gasteiger partial charge in [0.25, 0.3) is 0 Å². The van der Waals surface area contributed by atoms with Crippen molar-refractivity contribution in [2.75, 3.05) is 0 Å². The number of rotatable bonds is 4. The number of aromatic nitrogens is 2. The van der Waals surface area contributed by atoms with Gasteiger partial charge in [-0.2, -0.15) is 0 Å². The van der Waals surface area contributed by atoms with E-state index in [4.69, 9.17) is 0 Å². The summed E-state index contributed by atoms with van der Waals surface area (Å²) in [4.78, 5) is 29.5. The normalized spacial score (nSPS) is 9.86. The summed E-state index contributed by atoms with van der Waals surface area (Å²) in [5.74, 6) is 0.664. The molecule has 0 saturated heterocycles. The van der Waals surface area contributed by atoms with Crippen LogP contribution in [-0.4, -0.2) is 21.5 Å². The summed E-state index contributed by atoms with van der Waals surface area (Å²) in [6, 6.07) is 0. The maximum Gasteiger partial charge on any atom is 0.162 e. The van der Waals surface area contributed by atoms with Crippen LogP contribution in [0.5, 0.6) is 0 Å². The average Bonchev–Trinajstić information content (AvgIpc) is 2.15. The molecule has 0 bridgehead atoms. The molecule has 0 aliphatic heterocycles. The van der Waals surface area contributed by atoms with Gasteiger partial charge in [0.2, 0.25) is 0 Å². The molecule has 14 heavy (non-hydrogen) atoms. The zero-order valence-corrected chi connectivity index (χ0v) is 8.28. The molecule has 1 rings (SSSR count). The van der Waals surface area contributed by atoms with E-state index in [1.54, 1.807) is 0 Å². The Morgan fingerprint density at radius 2 is 1.79 bits per heavy atom. The van der Waals surface area contributed by atoms with Gasteiger partial charge in [0.05, 0.1) is 5.56 Å². The van der Waals surface area contributed by atoms with Crippen molar-refractivity contribution >= 4 is 11.6 Å². The first-order chi connectivity index (χ1) is 6.59. The van der Waals surface area contributed by atoms with Crippen LogP contribution in [0.2, 0.25) is 0 Å². The van der Waals surface area contributed by atoms with E-state index in [0.29, 0.717) is 24.2 Å². The van der Waals surface area contributed by atoms with Gasteiger partial charge in [0.1, 0.15) is 11.6 Å².